The van der Waals surface area contributed by atoms with Gasteiger partial charge in [-0.3, -0.25) is 0 Å². The van der Waals surface area contributed by atoms with Gasteiger partial charge in [0.25, 0.3) is 0 Å². The van der Waals surface area contributed by atoms with Gasteiger partial charge < -0.3 is 9.94 Å². The van der Waals surface area contributed by atoms with Crippen molar-refractivity contribution in [3.05, 3.63) is 29.3 Å². The van der Waals surface area contributed by atoms with E-state index in [2.05, 4.69) is 11.5 Å². The molecule has 1 aliphatic heterocycles. The number of fused-ring (bicyclic) bond motifs is 1. The zero-order valence-corrected chi connectivity index (χ0v) is 6.71. The molecule has 0 radical (unpaired) electrons. The van der Waals surface area contributed by atoms with Crippen LogP contribution >= 0.6 is 0 Å². The Morgan fingerprint density at radius 3 is 3.25 bits per heavy atom. The third-order valence-electron chi connectivity index (χ3n) is 2.04. The predicted molar refractivity (Wildman–Crippen MR) is 44.3 cm³/mol. The molecule has 2 N–H and O–H groups in total. The molecule has 0 unspecified atom stereocenters. The molecule has 0 fully saturated rings. The molecule has 0 bridgehead atoms. The summed E-state index contributed by atoms with van der Waals surface area (Å²) in [6.45, 7) is 1.28. The van der Waals surface area contributed by atoms with Crippen LogP contribution in [0.5, 0.6) is 5.75 Å². The van der Waals surface area contributed by atoms with Crippen LogP contribution in [0.15, 0.2) is 18.2 Å². The summed E-state index contributed by atoms with van der Waals surface area (Å²) in [5, 5.41) is 8.49. The van der Waals surface area contributed by atoms with Gasteiger partial charge in [0.15, 0.2) is 0 Å². The number of hydrogen-bond acceptors (Lipinski definition) is 3. The summed E-state index contributed by atoms with van der Waals surface area (Å²) in [6, 6.07) is 5.97. The van der Waals surface area contributed by atoms with Gasteiger partial charge in [0.05, 0.1) is 6.61 Å². The van der Waals surface area contributed by atoms with Crippen LogP contribution < -0.4 is 10.2 Å². The van der Waals surface area contributed by atoms with E-state index < -0.39 is 0 Å². The van der Waals surface area contributed by atoms with Gasteiger partial charge in [-0.05, 0) is 17.2 Å². The minimum atomic E-state index is 0.493. The Morgan fingerprint density at radius 1 is 1.50 bits per heavy atom. The highest BCUT2D eigenvalue weighted by Crippen LogP contribution is 2.25. The molecule has 64 valence electrons. The summed E-state index contributed by atoms with van der Waals surface area (Å²) in [7, 11) is 0. The fourth-order valence-corrected chi connectivity index (χ4v) is 1.44. The smallest absolute Gasteiger partial charge is 0.122 e. The maximum absolute atomic E-state index is 8.49. The topological polar surface area (TPSA) is 41.5 Å². The maximum atomic E-state index is 8.49. The van der Waals surface area contributed by atoms with Crippen molar-refractivity contribution < 1.29 is 9.94 Å². The molecule has 0 atom stereocenters. The Kier molecular flexibility index (Phi) is 1.98. The van der Waals surface area contributed by atoms with Crippen molar-refractivity contribution in [3.8, 4) is 5.75 Å². The van der Waals surface area contributed by atoms with Crippen molar-refractivity contribution >= 4 is 0 Å². The molecule has 1 aromatic rings. The number of benzene rings is 1. The van der Waals surface area contributed by atoms with Crippen LogP contribution in [-0.4, -0.2) is 11.8 Å². The lowest BCUT2D eigenvalue weighted by Gasteiger charge is -2.01. The van der Waals surface area contributed by atoms with E-state index in [4.69, 9.17) is 9.94 Å². The van der Waals surface area contributed by atoms with Gasteiger partial charge >= 0.3 is 0 Å². The Balaban J connectivity index is 2.26. The van der Waals surface area contributed by atoms with E-state index in [9.17, 15) is 0 Å². The normalized spacial score (nSPS) is 14.1. The predicted octanol–water partition coefficient (Wildman–Crippen LogP) is 1.10. The minimum absolute atomic E-state index is 0.493. The van der Waals surface area contributed by atoms with Crippen LogP contribution in [0.3, 0.4) is 0 Å². The second-order valence-corrected chi connectivity index (χ2v) is 2.88. The molecule has 3 heteroatoms. The van der Waals surface area contributed by atoms with E-state index in [1.165, 1.54) is 5.56 Å². The first-order chi connectivity index (χ1) is 5.90. The average molecular weight is 165 g/mol. The third-order valence-corrected chi connectivity index (χ3v) is 2.04. The van der Waals surface area contributed by atoms with Gasteiger partial charge in [-0.15, -0.1) is 0 Å². The lowest BCUT2D eigenvalue weighted by atomic mass is 10.1. The van der Waals surface area contributed by atoms with E-state index in [0.717, 1.165) is 24.3 Å². The van der Waals surface area contributed by atoms with Crippen LogP contribution in [0.4, 0.5) is 0 Å². The van der Waals surface area contributed by atoms with Gasteiger partial charge in [-0.1, -0.05) is 12.1 Å². The molecule has 0 saturated carbocycles. The van der Waals surface area contributed by atoms with Gasteiger partial charge in [-0.2, -0.15) is 0 Å². The summed E-state index contributed by atoms with van der Waals surface area (Å²) >= 11 is 0. The lowest BCUT2D eigenvalue weighted by molar-refractivity contribution is 0.161. The summed E-state index contributed by atoms with van der Waals surface area (Å²) in [4.78, 5) is 0. The van der Waals surface area contributed by atoms with Crippen LogP contribution in [0.25, 0.3) is 0 Å². The van der Waals surface area contributed by atoms with E-state index in [0.29, 0.717) is 6.54 Å². The number of nitrogens with one attached hydrogen (secondary N) is 1. The summed E-state index contributed by atoms with van der Waals surface area (Å²) < 4.78 is 5.35. The molecule has 0 spiro atoms. The largest absolute Gasteiger partial charge is 0.493 e. The second-order valence-electron chi connectivity index (χ2n) is 2.88. The number of hydrogen-bond donors (Lipinski definition) is 2. The molecule has 1 aromatic carbocycles. The first-order valence-corrected chi connectivity index (χ1v) is 4.02. The number of rotatable bonds is 2. The van der Waals surface area contributed by atoms with Crippen molar-refractivity contribution in [1.29, 1.82) is 0 Å². The molecular formula is C9H11NO2. The van der Waals surface area contributed by atoms with Gasteiger partial charge in [0.2, 0.25) is 0 Å². The molecule has 1 aliphatic rings. The first kappa shape index (κ1) is 7.58. The summed E-state index contributed by atoms with van der Waals surface area (Å²) in [5.41, 5.74) is 4.46. The van der Waals surface area contributed by atoms with Gasteiger partial charge in [-0.25, -0.2) is 5.48 Å². The van der Waals surface area contributed by atoms with E-state index in [-0.39, 0.29) is 0 Å². The minimum Gasteiger partial charge on any atom is -0.493 e. The van der Waals surface area contributed by atoms with Crippen molar-refractivity contribution in [2.24, 2.45) is 0 Å². The van der Waals surface area contributed by atoms with Crippen LogP contribution in [0, 0.1) is 0 Å². The lowest BCUT2D eigenvalue weighted by Crippen LogP contribution is -2.05. The molecule has 0 aromatic heterocycles. The molecule has 2 rings (SSSR count). The highest BCUT2D eigenvalue weighted by atomic mass is 16.5. The highest BCUT2D eigenvalue weighted by molar-refractivity contribution is 5.39. The Labute approximate surface area is 70.9 Å². The Bertz CT molecular complexity index is 286. The Morgan fingerprint density at radius 2 is 2.42 bits per heavy atom. The molecule has 3 nitrogen and oxygen atoms in total. The van der Waals surface area contributed by atoms with Crippen molar-refractivity contribution in [2.45, 2.75) is 13.0 Å². The fraction of sp³-hybridized carbons (Fsp3) is 0.333. The molecule has 0 saturated heterocycles. The maximum Gasteiger partial charge on any atom is 0.122 e. The Hall–Kier alpha value is -1.06. The average Bonchev–Trinajstić information content (AvgIpc) is 2.51. The van der Waals surface area contributed by atoms with Gasteiger partial charge in [0, 0.05) is 13.0 Å². The summed E-state index contributed by atoms with van der Waals surface area (Å²) in [5.74, 6) is 0.983. The van der Waals surface area contributed by atoms with Crippen molar-refractivity contribution in [3.63, 3.8) is 0 Å². The fourth-order valence-electron chi connectivity index (χ4n) is 1.44. The van der Waals surface area contributed by atoms with Crippen LogP contribution in [0.1, 0.15) is 11.1 Å². The second kappa shape index (κ2) is 3.13. The third kappa shape index (κ3) is 1.29. The van der Waals surface area contributed by atoms with Crippen LogP contribution in [-0.2, 0) is 13.0 Å². The molecular weight excluding hydrogens is 154 g/mol. The standard InChI is InChI=1S/C9H11NO2/c11-10-6-7-1-2-9-8(5-7)3-4-12-9/h1-2,5,10-11H,3-4,6H2. The van der Waals surface area contributed by atoms with Crippen LogP contribution in [0.2, 0.25) is 0 Å². The number of ether oxygens (including phenoxy) is 1. The van der Waals surface area contributed by atoms with Gasteiger partial charge in [0.1, 0.15) is 5.75 Å². The van der Waals surface area contributed by atoms with Crippen molar-refractivity contribution in [2.75, 3.05) is 6.61 Å². The quantitative estimate of drug-likeness (QED) is 0.645. The van der Waals surface area contributed by atoms with E-state index in [1.807, 2.05) is 12.1 Å². The zero-order valence-electron chi connectivity index (χ0n) is 6.71. The van der Waals surface area contributed by atoms with E-state index >= 15 is 0 Å². The molecule has 12 heavy (non-hydrogen) atoms. The molecule has 0 amide bonds. The highest BCUT2D eigenvalue weighted by Gasteiger charge is 2.11. The summed E-state index contributed by atoms with van der Waals surface area (Å²) in [6.07, 6.45) is 0.981. The molecule has 1 heterocycles. The monoisotopic (exact) mass is 165 g/mol. The SMILES string of the molecule is ONCc1ccc2c(c1)CCO2. The van der Waals surface area contributed by atoms with Crippen molar-refractivity contribution in [1.82, 2.24) is 5.48 Å². The van der Waals surface area contributed by atoms with E-state index in [1.54, 1.807) is 0 Å². The zero-order chi connectivity index (χ0) is 8.39. The first-order valence-electron chi connectivity index (χ1n) is 4.02. The molecule has 0 aliphatic carbocycles. The number of hydroxylamine groups is 1.